The third kappa shape index (κ3) is 3.77. The van der Waals surface area contributed by atoms with E-state index >= 15 is 0 Å². The zero-order chi connectivity index (χ0) is 15.1. The first-order valence-electron chi connectivity index (χ1n) is 7.69. The summed E-state index contributed by atoms with van der Waals surface area (Å²) < 4.78 is 5.58. The van der Waals surface area contributed by atoms with E-state index in [1.807, 2.05) is 29.3 Å². The molecule has 0 aliphatic carbocycles. The molecule has 0 spiro atoms. The van der Waals surface area contributed by atoms with Crippen molar-refractivity contribution in [2.24, 2.45) is 11.8 Å². The van der Waals surface area contributed by atoms with E-state index in [1.54, 1.807) is 0 Å². The zero-order valence-corrected chi connectivity index (χ0v) is 15.8. The molecule has 1 amide bonds. The summed E-state index contributed by atoms with van der Waals surface area (Å²) in [6.45, 7) is 5.80. The fourth-order valence-electron chi connectivity index (χ4n) is 3.38. The lowest BCUT2D eigenvalue weighted by molar-refractivity contribution is -0.129. The van der Waals surface area contributed by atoms with Crippen LogP contribution in [0.5, 0.6) is 0 Å². The number of fused-ring (bicyclic) bond motifs is 1. The van der Waals surface area contributed by atoms with Crippen LogP contribution in [0.1, 0.15) is 11.5 Å². The molecule has 5 nitrogen and oxygen atoms in total. The van der Waals surface area contributed by atoms with Gasteiger partial charge in [0, 0.05) is 31.6 Å². The number of halogens is 2. The molecule has 24 heavy (non-hydrogen) atoms. The van der Waals surface area contributed by atoms with Gasteiger partial charge >= 0.3 is 0 Å². The van der Waals surface area contributed by atoms with Crippen molar-refractivity contribution in [2.45, 2.75) is 13.3 Å². The molecule has 2 aromatic rings. The van der Waals surface area contributed by atoms with E-state index in [9.17, 15) is 4.79 Å². The molecule has 8 heteroatoms. The predicted molar refractivity (Wildman–Crippen MR) is 99.2 cm³/mol. The first-order chi connectivity index (χ1) is 10.7. The average molecular weight is 390 g/mol. The fraction of sp³-hybridized carbons (Fsp3) is 0.500. The van der Waals surface area contributed by atoms with E-state index < -0.39 is 0 Å². The summed E-state index contributed by atoms with van der Waals surface area (Å²) in [5.41, 5.74) is 0.842. The standard InChI is InChI=1S/C16H19N3O2S.2ClH/c1-10-2-3-14(21-10)16-18-13(9-22-16)4-15(20)19-7-11-5-17-6-12(11)8-19;;/h2-3,9,11-12,17H,4-8H2,1H3;2*1H/t11-,12+;;. The number of hydrogen-bond donors (Lipinski definition) is 1. The van der Waals surface area contributed by atoms with Crippen molar-refractivity contribution >= 4 is 42.1 Å². The summed E-state index contributed by atoms with van der Waals surface area (Å²) in [5, 5.41) is 6.21. The van der Waals surface area contributed by atoms with Crippen LogP contribution in [-0.2, 0) is 11.2 Å². The van der Waals surface area contributed by atoms with Gasteiger partial charge in [-0.05, 0) is 30.9 Å². The minimum atomic E-state index is 0. The molecule has 0 bridgehead atoms. The lowest BCUT2D eigenvalue weighted by atomic mass is 10.0. The van der Waals surface area contributed by atoms with Crippen LogP contribution in [0.15, 0.2) is 21.9 Å². The highest BCUT2D eigenvalue weighted by atomic mass is 35.5. The summed E-state index contributed by atoms with van der Waals surface area (Å²) in [5.74, 6) is 3.13. The lowest BCUT2D eigenvalue weighted by Crippen LogP contribution is -2.33. The SMILES string of the molecule is Cc1ccc(-c2nc(CC(=O)N3C[C@H]4CNC[C@H]4C3)cs2)o1.Cl.Cl. The molecule has 2 saturated heterocycles. The molecular weight excluding hydrogens is 369 g/mol. The van der Waals surface area contributed by atoms with E-state index in [0.717, 1.165) is 48.4 Å². The fourth-order valence-corrected chi connectivity index (χ4v) is 4.16. The Kier molecular flexibility index (Phi) is 6.31. The normalized spacial score (nSPS) is 22.0. The summed E-state index contributed by atoms with van der Waals surface area (Å²) in [7, 11) is 0. The molecule has 2 aromatic heterocycles. The van der Waals surface area contributed by atoms with Crippen LogP contribution in [0, 0.1) is 18.8 Å². The molecule has 0 aromatic carbocycles. The Balaban J connectivity index is 0.00000104. The third-order valence-electron chi connectivity index (χ3n) is 4.58. The molecule has 4 rings (SSSR count). The van der Waals surface area contributed by atoms with Gasteiger partial charge in [0.2, 0.25) is 5.91 Å². The van der Waals surface area contributed by atoms with Gasteiger partial charge in [-0.2, -0.15) is 0 Å². The maximum Gasteiger partial charge on any atom is 0.228 e. The van der Waals surface area contributed by atoms with Gasteiger partial charge in [0.25, 0.3) is 0 Å². The molecule has 0 radical (unpaired) electrons. The molecule has 1 N–H and O–H groups in total. The number of furan rings is 1. The highest BCUT2D eigenvalue weighted by Gasteiger charge is 2.37. The molecular formula is C16H21Cl2N3O2S. The third-order valence-corrected chi connectivity index (χ3v) is 5.48. The smallest absolute Gasteiger partial charge is 0.228 e. The molecule has 2 fully saturated rings. The number of hydrogen-bond acceptors (Lipinski definition) is 5. The van der Waals surface area contributed by atoms with Gasteiger partial charge in [0.05, 0.1) is 12.1 Å². The minimum absolute atomic E-state index is 0. The van der Waals surface area contributed by atoms with Crippen LogP contribution in [0.25, 0.3) is 10.8 Å². The maximum absolute atomic E-state index is 12.4. The van der Waals surface area contributed by atoms with Crippen molar-refractivity contribution in [3.05, 3.63) is 29.0 Å². The number of nitrogens with zero attached hydrogens (tertiary/aromatic N) is 2. The largest absolute Gasteiger partial charge is 0.459 e. The number of aromatic nitrogens is 1. The number of amides is 1. The Morgan fingerprint density at radius 1 is 1.33 bits per heavy atom. The second-order valence-corrected chi connectivity index (χ2v) is 7.07. The summed E-state index contributed by atoms with van der Waals surface area (Å²) >= 11 is 1.53. The van der Waals surface area contributed by atoms with Gasteiger partial charge < -0.3 is 14.6 Å². The van der Waals surface area contributed by atoms with Crippen molar-refractivity contribution in [3.63, 3.8) is 0 Å². The number of likely N-dealkylation sites (tertiary alicyclic amines) is 1. The molecule has 0 unspecified atom stereocenters. The van der Waals surface area contributed by atoms with Gasteiger partial charge in [0.15, 0.2) is 10.8 Å². The van der Waals surface area contributed by atoms with Crippen molar-refractivity contribution in [3.8, 4) is 10.8 Å². The van der Waals surface area contributed by atoms with Crippen LogP contribution in [0.2, 0.25) is 0 Å². The Morgan fingerprint density at radius 3 is 2.67 bits per heavy atom. The number of nitrogens with one attached hydrogen (secondary N) is 1. The average Bonchev–Trinajstić information content (AvgIpc) is 3.19. The van der Waals surface area contributed by atoms with E-state index in [-0.39, 0.29) is 30.7 Å². The molecule has 132 valence electrons. The number of aryl methyl sites for hydroxylation is 1. The second kappa shape index (κ2) is 7.87. The number of rotatable bonds is 3. The Labute approximate surface area is 157 Å². The van der Waals surface area contributed by atoms with Gasteiger partial charge in [-0.3, -0.25) is 4.79 Å². The first kappa shape index (κ1) is 19.2. The van der Waals surface area contributed by atoms with Crippen LogP contribution in [0.3, 0.4) is 0 Å². The van der Waals surface area contributed by atoms with E-state index in [0.29, 0.717) is 18.3 Å². The van der Waals surface area contributed by atoms with Crippen LogP contribution in [0.4, 0.5) is 0 Å². The van der Waals surface area contributed by atoms with Crippen LogP contribution in [-0.4, -0.2) is 42.0 Å². The molecule has 2 aliphatic heterocycles. The lowest BCUT2D eigenvalue weighted by Gasteiger charge is -2.16. The molecule has 2 atom stereocenters. The van der Waals surface area contributed by atoms with Gasteiger partial charge in [-0.15, -0.1) is 36.2 Å². The highest BCUT2D eigenvalue weighted by Crippen LogP contribution is 2.28. The Hall–Kier alpha value is -1.08. The van der Waals surface area contributed by atoms with Crippen molar-refractivity contribution < 1.29 is 9.21 Å². The Morgan fingerprint density at radius 2 is 2.04 bits per heavy atom. The van der Waals surface area contributed by atoms with Crippen LogP contribution < -0.4 is 5.32 Å². The van der Waals surface area contributed by atoms with E-state index in [2.05, 4.69) is 10.3 Å². The monoisotopic (exact) mass is 389 g/mol. The maximum atomic E-state index is 12.4. The second-order valence-electron chi connectivity index (χ2n) is 6.21. The Bertz CT molecular complexity index is 691. The highest BCUT2D eigenvalue weighted by molar-refractivity contribution is 7.13. The van der Waals surface area contributed by atoms with Gasteiger partial charge in [0.1, 0.15) is 5.76 Å². The quantitative estimate of drug-likeness (QED) is 0.876. The zero-order valence-electron chi connectivity index (χ0n) is 13.4. The van der Waals surface area contributed by atoms with Crippen molar-refractivity contribution in [2.75, 3.05) is 26.2 Å². The number of thiazole rings is 1. The summed E-state index contributed by atoms with van der Waals surface area (Å²) in [6.07, 6.45) is 0.392. The van der Waals surface area contributed by atoms with Gasteiger partial charge in [-0.25, -0.2) is 4.98 Å². The van der Waals surface area contributed by atoms with E-state index in [4.69, 9.17) is 4.42 Å². The first-order valence-corrected chi connectivity index (χ1v) is 8.57. The number of carbonyl (C=O) groups is 1. The predicted octanol–water partition coefficient (Wildman–Crippen LogP) is 2.78. The van der Waals surface area contributed by atoms with Crippen molar-refractivity contribution in [1.82, 2.24) is 15.2 Å². The van der Waals surface area contributed by atoms with Crippen molar-refractivity contribution in [1.29, 1.82) is 0 Å². The van der Waals surface area contributed by atoms with Crippen LogP contribution >= 0.6 is 36.2 Å². The topological polar surface area (TPSA) is 58.4 Å². The molecule has 2 aliphatic rings. The molecule has 4 heterocycles. The van der Waals surface area contributed by atoms with Gasteiger partial charge in [-0.1, -0.05) is 0 Å². The summed E-state index contributed by atoms with van der Waals surface area (Å²) in [6, 6.07) is 3.85. The summed E-state index contributed by atoms with van der Waals surface area (Å²) in [4.78, 5) is 19.0. The molecule has 0 saturated carbocycles. The minimum Gasteiger partial charge on any atom is -0.459 e. The van der Waals surface area contributed by atoms with E-state index in [1.165, 1.54) is 11.3 Å². The number of carbonyl (C=O) groups excluding carboxylic acids is 1.